The minimum Gasteiger partial charge on any atom is -0.436 e. The second-order valence-corrected chi connectivity index (χ2v) is 4.54. The lowest BCUT2D eigenvalue weighted by molar-refractivity contribution is 0.297. The van der Waals surface area contributed by atoms with E-state index in [4.69, 9.17) is 9.84 Å². The number of aromatic nitrogens is 1. The maximum Gasteiger partial charge on any atom is 0.255 e. The van der Waals surface area contributed by atoms with Crippen molar-refractivity contribution < 1.29 is 14.2 Å². The smallest absolute Gasteiger partial charge is 0.255 e. The molecule has 2 rings (SSSR count). The number of pyridine rings is 1. The van der Waals surface area contributed by atoms with Crippen LogP contribution >= 0.6 is 15.9 Å². The van der Waals surface area contributed by atoms with Gasteiger partial charge in [0.15, 0.2) is 5.82 Å². The fraction of sp³-hybridized carbons (Fsp3) is 0.154. The number of rotatable bonds is 4. The summed E-state index contributed by atoms with van der Waals surface area (Å²) in [5.74, 6) is -0.118. The first-order chi connectivity index (χ1) is 8.70. The van der Waals surface area contributed by atoms with E-state index in [0.29, 0.717) is 16.6 Å². The fourth-order valence-corrected chi connectivity index (χ4v) is 1.82. The Kier molecular flexibility index (Phi) is 4.28. The molecule has 0 aliphatic rings. The summed E-state index contributed by atoms with van der Waals surface area (Å²) in [6.45, 7) is 0.0105. The van der Waals surface area contributed by atoms with E-state index in [9.17, 15) is 4.39 Å². The average molecular weight is 312 g/mol. The Balaban J connectivity index is 2.28. The highest BCUT2D eigenvalue weighted by Gasteiger charge is 2.09. The van der Waals surface area contributed by atoms with Crippen molar-refractivity contribution in [2.75, 3.05) is 6.61 Å². The van der Waals surface area contributed by atoms with Crippen LogP contribution in [-0.2, 0) is 6.42 Å². The molecule has 18 heavy (non-hydrogen) atoms. The first kappa shape index (κ1) is 13.0. The molecule has 1 aromatic carbocycles. The number of hydrogen-bond acceptors (Lipinski definition) is 3. The molecule has 0 atom stereocenters. The molecule has 1 aromatic heterocycles. The average Bonchev–Trinajstić information content (AvgIpc) is 2.35. The van der Waals surface area contributed by atoms with Crippen LogP contribution in [0.2, 0.25) is 0 Å². The van der Waals surface area contributed by atoms with Crippen molar-refractivity contribution in [3.8, 4) is 11.6 Å². The molecule has 0 aliphatic heterocycles. The summed E-state index contributed by atoms with van der Waals surface area (Å²) in [5.41, 5.74) is 0.809. The lowest BCUT2D eigenvalue weighted by Crippen LogP contribution is -1.97. The summed E-state index contributed by atoms with van der Waals surface area (Å²) < 4.78 is 19.6. The molecule has 0 aliphatic carbocycles. The molecule has 0 saturated carbocycles. The number of halogens is 2. The summed E-state index contributed by atoms with van der Waals surface area (Å²) >= 11 is 3.13. The third-order valence-electron chi connectivity index (χ3n) is 2.33. The molecular weight excluding hydrogens is 301 g/mol. The van der Waals surface area contributed by atoms with E-state index in [0.717, 1.165) is 5.56 Å². The van der Waals surface area contributed by atoms with Crippen LogP contribution in [0.1, 0.15) is 5.56 Å². The van der Waals surface area contributed by atoms with Crippen molar-refractivity contribution in [1.29, 1.82) is 0 Å². The van der Waals surface area contributed by atoms with Crippen molar-refractivity contribution in [2.24, 2.45) is 0 Å². The summed E-state index contributed by atoms with van der Waals surface area (Å²) in [5, 5.41) is 8.95. The molecule has 1 heterocycles. The number of hydrogen-bond donors (Lipinski definition) is 1. The lowest BCUT2D eigenvalue weighted by Gasteiger charge is -2.10. The van der Waals surface area contributed by atoms with Gasteiger partial charge in [-0.15, -0.1) is 0 Å². The van der Waals surface area contributed by atoms with Crippen molar-refractivity contribution in [1.82, 2.24) is 4.98 Å². The molecule has 0 amide bonds. The van der Waals surface area contributed by atoms with Crippen molar-refractivity contribution >= 4 is 15.9 Å². The molecule has 3 nitrogen and oxygen atoms in total. The predicted molar refractivity (Wildman–Crippen MR) is 69.2 cm³/mol. The van der Waals surface area contributed by atoms with Gasteiger partial charge < -0.3 is 9.84 Å². The van der Waals surface area contributed by atoms with Crippen LogP contribution in [0.15, 0.2) is 41.0 Å². The Labute approximate surface area is 112 Å². The van der Waals surface area contributed by atoms with Crippen LogP contribution in [-0.4, -0.2) is 16.7 Å². The number of aliphatic hydroxyl groups is 1. The minimum atomic E-state index is -0.539. The molecule has 0 radical (unpaired) electrons. The van der Waals surface area contributed by atoms with Crippen LogP contribution in [0.5, 0.6) is 11.6 Å². The fourth-order valence-electron chi connectivity index (χ4n) is 1.51. The van der Waals surface area contributed by atoms with Gasteiger partial charge in [0.1, 0.15) is 5.75 Å². The van der Waals surface area contributed by atoms with Crippen molar-refractivity contribution in [3.63, 3.8) is 0 Å². The lowest BCUT2D eigenvalue weighted by atomic mass is 10.1. The topological polar surface area (TPSA) is 42.4 Å². The van der Waals surface area contributed by atoms with Crippen molar-refractivity contribution in [3.05, 3.63) is 52.4 Å². The van der Waals surface area contributed by atoms with Gasteiger partial charge in [0.05, 0.1) is 0 Å². The van der Waals surface area contributed by atoms with Gasteiger partial charge in [-0.3, -0.25) is 0 Å². The van der Waals surface area contributed by atoms with E-state index in [1.54, 1.807) is 12.1 Å². The van der Waals surface area contributed by atoms with E-state index < -0.39 is 5.82 Å². The largest absolute Gasteiger partial charge is 0.436 e. The van der Waals surface area contributed by atoms with Crippen LogP contribution in [0.4, 0.5) is 4.39 Å². The molecule has 0 spiro atoms. The molecule has 0 fully saturated rings. The Morgan fingerprint density at radius 3 is 2.83 bits per heavy atom. The highest BCUT2D eigenvalue weighted by Crippen LogP contribution is 2.27. The quantitative estimate of drug-likeness (QED) is 0.942. The molecule has 2 aromatic rings. The van der Waals surface area contributed by atoms with Crippen LogP contribution in [0, 0.1) is 5.82 Å². The normalized spacial score (nSPS) is 10.4. The van der Waals surface area contributed by atoms with Gasteiger partial charge in [0, 0.05) is 17.3 Å². The van der Waals surface area contributed by atoms with Gasteiger partial charge in [0.25, 0.3) is 5.88 Å². The number of para-hydroxylation sites is 1. The Bertz CT molecular complexity index is 548. The molecule has 94 valence electrons. The second kappa shape index (κ2) is 5.93. The zero-order valence-electron chi connectivity index (χ0n) is 9.44. The Morgan fingerprint density at radius 2 is 2.11 bits per heavy atom. The minimum absolute atomic E-state index is 0.0105. The molecule has 5 heteroatoms. The molecule has 1 N–H and O–H groups in total. The van der Waals surface area contributed by atoms with Gasteiger partial charge >= 0.3 is 0 Å². The number of benzene rings is 1. The highest BCUT2D eigenvalue weighted by molar-refractivity contribution is 9.10. The Morgan fingerprint density at radius 1 is 1.33 bits per heavy atom. The summed E-state index contributed by atoms with van der Waals surface area (Å²) in [6.07, 6.45) is 1.92. The zero-order valence-corrected chi connectivity index (χ0v) is 11.0. The maximum absolute atomic E-state index is 13.6. The van der Waals surface area contributed by atoms with E-state index in [1.165, 1.54) is 12.3 Å². The summed E-state index contributed by atoms with van der Waals surface area (Å²) in [4.78, 5) is 3.87. The van der Waals surface area contributed by atoms with Crippen LogP contribution in [0.25, 0.3) is 0 Å². The summed E-state index contributed by atoms with van der Waals surface area (Å²) in [7, 11) is 0. The van der Waals surface area contributed by atoms with Crippen LogP contribution in [0.3, 0.4) is 0 Å². The first-order valence-corrected chi connectivity index (χ1v) is 6.17. The number of ether oxygens (including phenoxy) is 1. The monoisotopic (exact) mass is 311 g/mol. The molecule has 0 saturated heterocycles. The third kappa shape index (κ3) is 3.05. The predicted octanol–water partition coefficient (Wildman–Crippen LogP) is 3.31. The number of aliphatic hydroxyl groups excluding tert-OH is 1. The second-order valence-electron chi connectivity index (χ2n) is 3.62. The number of nitrogens with zero attached hydrogens (tertiary/aromatic N) is 1. The van der Waals surface area contributed by atoms with Gasteiger partial charge in [-0.2, -0.15) is 0 Å². The van der Waals surface area contributed by atoms with Gasteiger partial charge in [-0.25, -0.2) is 9.37 Å². The third-order valence-corrected chi connectivity index (χ3v) is 2.77. The SMILES string of the molecule is OCCc1ccccc1Oc1ncc(Br)cc1F. The van der Waals surface area contributed by atoms with E-state index in [1.807, 2.05) is 12.1 Å². The zero-order chi connectivity index (χ0) is 13.0. The van der Waals surface area contributed by atoms with Crippen LogP contribution < -0.4 is 4.74 Å². The Hall–Kier alpha value is -1.46. The molecule has 0 unspecified atom stereocenters. The van der Waals surface area contributed by atoms with Gasteiger partial charge in [-0.1, -0.05) is 18.2 Å². The maximum atomic E-state index is 13.6. The molecule has 0 bridgehead atoms. The van der Waals surface area contributed by atoms with E-state index in [2.05, 4.69) is 20.9 Å². The van der Waals surface area contributed by atoms with Gasteiger partial charge in [0.2, 0.25) is 0 Å². The van der Waals surface area contributed by atoms with E-state index >= 15 is 0 Å². The van der Waals surface area contributed by atoms with Crippen molar-refractivity contribution in [2.45, 2.75) is 6.42 Å². The molecular formula is C13H11BrFNO2. The highest BCUT2D eigenvalue weighted by atomic mass is 79.9. The first-order valence-electron chi connectivity index (χ1n) is 5.38. The standard InChI is InChI=1S/C13H11BrFNO2/c14-10-7-11(15)13(16-8-10)18-12-4-2-1-3-9(12)5-6-17/h1-4,7-8,17H,5-6H2. The summed E-state index contributed by atoms with van der Waals surface area (Å²) in [6, 6.07) is 8.45. The van der Waals surface area contributed by atoms with E-state index in [-0.39, 0.29) is 12.5 Å². The van der Waals surface area contributed by atoms with Gasteiger partial charge in [-0.05, 0) is 40.0 Å².